The summed E-state index contributed by atoms with van der Waals surface area (Å²) in [5.41, 5.74) is 7.25. The lowest BCUT2D eigenvalue weighted by Gasteiger charge is -2.27. The third kappa shape index (κ3) is 2.92. The molecule has 1 amide bonds. The number of hydrogen-bond acceptors (Lipinski definition) is 4. The number of phenols is 1. The largest absolute Gasteiger partial charge is 0.508 e. The van der Waals surface area contributed by atoms with Crippen molar-refractivity contribution < 1.29 is 9.90 Å². The van der Waals surface area contributed by atoms with E-state index in [-0.39, 0.29) is 23.4 Å². The number of hydrogen-bond donors (Lipinski definition) is 2. The zero-order chi connectivity index (χ0) is 17.4. The molecule has 24 heavy (non-hydrogen) atoms. The minimum atomic E-state index is -0.570. The fourth-order valence-electron chi connectivity index (χ4n) is 2.88. The van der Waals surface area contributed by atoms with Gasteiger partial charge in [0.2, 0.25) is 0 Å². The monoisotopic (exact) mass is 363 g/mol. The summed E-state index contributed by atoms with van der Waals surface area (Å²) >= 11 is 12.3. The van der Waals surface area contributed by atoms with Gasteiger partial charge in [-0.25, -0.2) is 0 Å². The number of primary amides is 1. The summed E-state index contributed by atoms with van der Waals surface area (Å²) in [5.74, 6) is -0.644. The number of amides is 1. The lowest BCUT2D eigenvalue weighted by atomic mass is 9.91. The van der Waals surface area contributed by atoms with Crippen LogP contribution >= 0.6 is 23.2 Å². The number of hydrazone groups is 1. The van der Waals surface area contributed by atoms with Gasteiger partial charge in [-0.15, -0.1) is 0 Å². The van der Waals surface area contributed by atoms with Gasteiger partial charge in [0.05, 0.1) is 16.8 Å². The first kappa shape index (κ1) is 16.6. The van der Waals surface area contributed by atoms with E-state index in [4.69, 9.17) is 28.9 Å². The molecule has 1 aliphatic rings. The first-order chi connectivity index (χ1) is 11.4. The lowest BCUT2D eigenvalue weighted by Crippen LogP contribution is -2.29. The quantitative estimate of drug-likeness (QED) is 0.871. The molecule has 0 saturated heterocycles. The molecule has 0 spiro atoms. The third-order valence-corrected chi connectivity index (χ3v) is 4.57. The van der Waals surface area contributed by atoms with Gasteiger partial charge in [-0.1, -0.05) is 42.3 Å². The van der Waals surface area contributed by atoms with E-state index in [1.165, 1.54) is 0 Å². The Balaban J connectivity index is 2.11. The van der Waals surface area contributed by atoms with E-state index in [0.29, 0.717) is 15.7 Å². The molecule has 2 aromatic rings. The predicted molar refractivity (Wildman–Crippen MR) is 95.6 cm³/mol. The Labute approximate surface area is 149 Å². The molecule has 7 heteroatoms. The molecule has 1 heterocycles. The molecule has 0 aliphatic carbocycles. The number of phenolic OH excluding ortho intramolecular Hbond substituents is 1. The molecule has 0 bridgehead atoms. The van der Waals surface area contributed by atoms with E-state index in [2.05, 4.69) is 5.10 Å². The Bertz CT molecular complexity index is 821. The minimum absolute atomic E-state index is 0.163. The molecule has 2 atom stereocenters. The molecule has 2 unspecified atom stereocenters. The van der Waals surface area contributed by atoms with Gasteiger partial charge >= 0.3 is 0 Å². The van der Waals surface area contributed by atoms with Crippen LogP contribution in [0.4, 0.5) is 5.69 Å². The number of aromatic hydroxyl groups is 1. The van der Waals surface area contributed by atoms with Crippen molar-refractivity contribution in [3.63, 3.8) is 0 Å². The number of benzene rings is 2. The summed E-state index contributed by atoms with van der Waals surface area (Å²) < 4.78 is 0. The second-order valence-electron chi connectivity index (χ2n) is 5.61. The number of anilines is 1. The summed E-state index contributed by atoms with van der Waals surface area (Å²) in [6, 6.07) is 11.6. The molecule has 2 aromatic carbocycles. The number of nitrogens with two attached hydrogens (primary N) is 1. The topological polar surface area (TPSA) is 78.9 Å². The van der Waals surface area contributed by atoms with Crippen molar-refractivity contribution in [1.82, 2.24) is 0 Å². The smallest absolute Gasteiger partial charge is 0.265 e. The first-order valence-electron chi connectivity index (χ1n) is 7.30. The van der Waals surface area contributed by atoms with E-state index < -0.39 is 5.91 Å². The normalized spacial score (nSPS) is 20.1. The van der Waals surface area contributed by atoms with Gasteiger partial charge in [0.1, 0.15) is 11.5 Å². The van der Waals surface area contributed by atoms with Crippen LogP contribution < -0.4 is 10.7 Å². The standard InChI is InChI=1S/C17H15Cl2N3O2/c1-9-15(17(20)24)21-22(14-7-4-11(18)8-13(14)19)16(9)10-2-5-12(23)6-3-10/h2-9,16,23H,1H3,(H2,20,24). The van der Waals surface area contributed by atoms with E-state index >= 15 is 0 Å². The highest BCUT2D eigenvalue weighted by molar-refractivity contribution is 6.40. The fourth-order valence-corrected chi connectivity index (χ4v) is 3.37. The summed E-state index contributed by atoms with van der Waals surface area (Å²) in [6.07, 6.45) is 0. The van der Waals surface area contributed by atoms with Gasteiger partial charge in [0.15, 0.2) is 0 Å². The van der Waals surface area contributed by atoms with Crippen LogP contribution in [0.1, 0.15) is 18.5 Å². The maximum absolute atomic E-state index is 11.7. The van der Waals surface area contributed by atoms with Crippen molar-refractivity contribution in [2.45, 2.75) is 13.0 Å². The van der Waals surface area contributed by atoms with E-state index in [1.807, 2.05) is 6.92 Å². The van der Waals surface area contributed by atoms with Crippen molar-refractivity contribution in [1.29, 1.82) is 0 Å². The highest BCUT2D eigenvalue weighted by atomic mass is 35.5. The molecular weight excluding hydrogens is 349 g/mol. The number of halogens is 2. The zero-order valence-electron chi connectivity index (χ0n) is 12.8. The Morgan fingerprint density at radius 1 is 1.21 bits per heavy atom. The van der Waals surface area contributed by atoms with Crippen molar-refractivity contribution in [2.24, 2.45) is 16.8 Å². The van der Waals surface area contributed by atoms with Gasteiger partial charge in [-0.3, -0.25) is 9.80 Å². The zero-order valence-corrected chi connectivity index (χ0v) is 14.3. The van der Waals surface area contributed by atoms with E-state index in [0.717, 1.165) is 5.56 Å². The third-order valence-electron chi connectivity index (χ3n) is 4.03. The Morgan fingerprint density at radius 2 is 1.88 bits per heavy atom. The summed E-state index contributed by atoms with van der Waals surface area (Å²) in [6.45, 7) is 1.88. The second-order valence-corrected chi connectivity index (χ2v) is 6.46. The minimum Gasteiger partial charge on any atom is -0.508 e. The van der Waals surface area contributed by atoms with Crippen molar-refractivity contribution in [2.75, 3.05) is 5.01 Å². The molecule has 1 aliphatic heterocycles. The van der Waals surface area contributed by atoms with Crippen LogP contribution in [-0.4, -0.2) is 16.7 Å². The summed E-state index contributed by atoms with van der Waals surface area (Å²) in [4.78, 5) is 11.7. The van der Waals surface area contributed by atoms with Gasteiger partial charge in [0.25, 0.3) is 5.91 Å². The van der Waals surface area contributed by atoms with Crippen LogP contribution in [0.3, 0.4) is 0 Å². The molecule has 0 aromatic heterocycles. The maximum atomic E-state index is 11.7. The van der Waals surface area contributed by atoms with Crippen molar-refractivity contribution >= 4 is 40.5 Å². The molecule has 0 saturated carbocycles. The van der Waals surface area contributed by atoms with Gasteiger partial charge in [-0.2, -0.15) is 5.10 Å². The van der Waals surface area contributed by atoms with Gasteiger partial charge in [0, 0.05) is 10.9 Å². The van der Waals surface area contributed by atoms with E-state index in [9.17, 15) is 9.90 Å². The molecule has 5 nitrogen and oxygen atoms in total. The summed E-state index contributed by atoms with van der Waals surface area (Å²) in [7, 11) is 0. The molecule has 3 rings (SSSR count). The van der Waals surface area contributed by atoms with Crippen LogP contribution in [0.15, 0.2) is 47.6 Å². The summed E-state index contributed by atoms with van der Waals surface area (Å²) in [5, 5.41) is 16.5. The Morgan fingerprint density at radius 3 is 2.46 bits per heavy atom. The number of carbonyl (C=O) groups excluding carboxylic acids is 1. The van der Waals surface area contributed by atoms with Crippen LogP contribution in [-0.2, 0) is 4.79 Å². The van der Waals surface area contributed by atoms with Crippen LogP contribution in [0.2, 0.25) is 10.0 Å². The average Bonchev–Trinajstić information content (AvgIpc) is 2.86. The highest BCUT2D eigenvalue weighted by Gasteiger charge is 2.39. The molecule has 0 fully saturated rings. The van der Waals surface area contributed by atoms with Gasteiger partial charge in [-0.05, 0) is 35.9 Å². The van der Waals surface area contributed by atoms with Crippen LogP contribution in [0, 0.1) is 5.92 Å². The molecular formula is C17H15Cl2N3O2. The Kier molecular flexibility index (Phi) is 4.39. The van der Waals surface area contributed by atoms with Crippen molar-refractivity contribution in [3.8, 4) is 5.75 Å². The van der Waals surface area contributed by atoms with Crippen LogP contribution in [0.25, 0.3) is 0 Å². The fraction of sp³-hybridized carbons (Fsp3) is 0.176. The van der Waals surface area contributed by atoms with E-state index in [1.54, 1.807) is 47.5 Å². The van der Waals surface area contributed by atoms with Gasteiger partial charge < -0.3 is 10.8 Å². The number of carbonyl (C=O) groups is 1. The van der Waals surface area contributed by atoms with Crippen LogP contribution in [0.5, 0.6) is 5.75 Å². The average molecular weight is 364 g/mol. The number of nitrogens with zero attached hydrogens (tertiary/aromatic N) is 2. The second kappa shape index (κ2) is 6.34. The first-order valence-corrected chi connectivity index (χ1v) is 8.05. The highest BCUT2D eigenvalue weighted by Crippen LogP contribution is 2.42. The molecule has 0 radical (unpaired) electrons. The number of rotatable bonds is 3. The SMILES string of the molecule is CC1C(C(N)=O)=NN(c2ccc(Cl)cc2Cl)C1c1ccc(O)cc1. The Hall–Kier alpha value is -2.24. The predicted octanol–water partition coefficient (Wildman–Crippen LogP) is 3.74. The molecule has 3 N–H and O–H groups in total. The molecule has 124 valence electrons. The lowest BCUT2D eigenvalue weighted by molar-refractivity contribution is -0.112. The maximum Gasteiger partial charge on any atom is 0.265 e. The van der Waals surface area contributed by atoms with Crippen molar-refractivity contribution in [3.05, 3.63) is 58.1 Å².